The lowest BCUT2D eigenvalue weighted by atomic mass is 9.82. The smallest absolute Gasteiger partial charge is 0.341 e. The summed E-state index contributed by atoms with van der Waals surface area (Å²) in [6.07, 6.45) is 3.45. The Bertz CT molecular complexity index is 1220. The van der Waals surface area contributed by atoms with Crippen molar-refractivity contribution >= 4 is 22.7 Å². The van der Waals surface area contributed by atoms with Gasteiger partial charge in [0.05, 0.1) is 13.3 Å². The molecule has 0 amide bonds. The first kappa shape index (κ1) is 16.3. The third kappa shape index (κ3) is 2.07. The highest BCUT2D eigenvalue weighted by Gasteiger charge is 2.47. The predicted octanol–water partition coefficient (Wildman–Crippen LogP) is 3.17. The number of aromatic amines is 1. The number of aromatic hydroxyl groups is 1. The monoisotopic (exact) mass is 372 g/mol. The Morgan fingerprint density at radius 1 is 1.11 bits per heavy atom. The number of benzene rings is 2. The molecular weight excluding hydrogens is 356 g/mol. The maximum atomic E-state index is 13.3. The van der Waals surface area contributed by atoms with E-state index in [0.717, 1.165) is 22.2 Å². The highest BCUT2D eigenvalue weighted by atomic mass is 16.5. The number of ether oxygens (including phenoxy) is 1. The molecule has 7 heteroatoms. The van der Waals surface area contributed by atoms with E-state index < -0.39 is 11.5 Å². The number of nitrogens with one attached hydrogen (secondary N) is 2. The van der Waals surface area contributed by atoms with Crippen LogP contribution in [0.2, 0.25) is 0 Å². The van der Waals surface area contributed by atoms with Gasteiger partial charge < -0.3 is 20.1 Å². The number of hydrogen-bond acceptors (Lipinski definition) is 6. The van der Waals surface area contributed by atoms with Gasteiger partial charge in [-0.3, -0.25) is 0 Å². The predicted molar refractivity (Wildman–Crippen MR) is 104 cm³/mol. The molecule has 28 heavy (non-hydrogen) atoms. The second kappa shape index (κ2) is 5.82. The molecule has 0 radical (unpaired) electrons. The lowest BCUT2D eigenvalue weighted by Gasteiger charge is -2.32. The van der Waals surface area contributed by atoms with Crippen LogP contribution >= 0.6 is 0 Å². The van der Waals surface area contributed by atoms with Crippen LogP contribution in [-0.2, 0) is 15.1 Å². The Morgan fingerprint density at radius 3 is 2.68 bits per heavy atom. The first-order chi connectivity index (χ1) is 13.6. The molecule has 4 aromatic rings. The first-order valence-corrected chi connectivity index (χ1v) is 8.74. The fourth-order valence-corrected chi connectivity index (χ4v) is 3.94. The molecule has 2 aromatic carbocycles. The summed E-state index contributed by atoms with van der Waals surface area (Å²) in [5.41, 5.74) is 3.12. The zero-order valence-electron chi connectivity index (χ0n) is 14.9. The third-order valence-electron chi connectivity index (χ3n) is 5.21. The molecule has 1 aliphatic heterocycles. The molecule has 1 atom stereocenters. The summed E-state index contributed by atoms with van der Waals surface area (Å²) in [6, 6.07) is 14.2. The van der Waals surface area contributed by atoms with E-state index in [4.69, 9.17) is 4.74 Å². The van der Waals surface area contributed by atoms with Crippen molar-refractivity contribution in [2.24, 2.45) is 0 Å². The van der Waals surface area contributed by atoms with E-state index in [1.807, 2.05) is 24.3 Å². The Hall–Kier alpha value is -3.87. The molecule has 0 aliphatic carbocycles. The summed E-state index contributed by atoms with van der Waals surface area (Å²) in [6.45, 7) is 0. The van der Waals surface area contributed by atoms with Crippen LogP contribution in [0.3, 0.4) is 0 Å². The number of H-pyrrole nitrogens is 1. The third-order valence-corrected chi connectivity index (χ3v) is 5.21. The fraction of sp³-hybridized carbons (Fsp3) is 0.0952. The summed E-state index contributed by atoms with van der Waals surface area (Å²) < 4.78 is 5.25. The number of phenolic OH excluding ortho intramolecular Hbond substituents is 1. The Labute approximate surface area is 160 Å². The standard InChI is InChI=1S/C21H16N4O3/c1-28-20(27)21(12-6-8-13(26)9-7-12)16-11-22-19-18(16)15(10-23-25-19)14-4-2-3-5-17(14)24-21/h2-11,24,26H,1H3,(H,22,25). The number of methoxy groups -OCH3 is 1. The Morgan fingerprint density at radius 2 is 1.89 bits per heavy atom. The average Bonchev–Trinajstić information content (AvgIpc) is 3.12. The van der Waals surface area contributed by atoms with Crippen LogP contribution in [-0.4, -0.2) is 33.4 Å². The number of hydrogen-bond donors (Lipinski definition) is 3. The summed E-state index contributed by atoms with van der Waals surface area (Å²) in [5.74, 6) is -0.359. The molecule has 0 fully saturated rings. The quantitative estimate of drug-likeness (QED) is 0.467. The number of rotatable bonds is 2. The number of nitrogens with zero attached hydrogens (tertiary/aromatic N) is 2. The van der Waals surface area contributed by atoms with Gasteiger partial charge in [0.2, 0.25) is 0 Å². The van der Waals surface area contributed by atoms with Crippen molar-refractivity contribution in [3.05, 3.63) is 72.1 Å². The van der Waals surface area contributed by atoms with Crippen molar-refractivity contribution in [2.75, 3.05) is 12.4 Å². The first-order valence-electron chi connectivity index (χ1n) is 8.74. The maximum Gasteiger partial charge on any atom is 0.341 e. The second-order valence-corrected chi connectivity index (χ2v) is 6.64. The highest BCUT2D eigenvalue weighted by Crippen LogP contribution is 2.47. The molecule has 7 nitrogen and oxygen atoms in total. The van der Waals surface area contributed by atoms with E-state index in [2.05, 4.69) is 20.5 Å². The van der Waals surface area contributed by atoms with Gasteiger partial charge in [-0.05, 0) is 23.8 Å². The van der Waals surface area contributed by atoms with Gasteiger partial charge in [0.1, 0.15) is 5.75 Å². The number of fused-ring (bicyclic) bond motifs is 2. The molecular formula is C21H16N4O3. The van der Waals surface area contributed by atoms with E-state index in [-0.39, 0.29) is 5.75 Å². The van der Waals surface area contributed by atoms with Gasteiger partial charge >= 0.3 is 5.97 Å². The average molecular weight is 372 g/mol. The summed E-state index contributed by atoms with van der Waals surface area (Å²) >= 11 is 0. The van der Waals surface area contributed by atoms with Crippen molar-refractivity contribution in [1.29, 1.82) is 0 Å². The molecule has 2 aromatic heterocycles. The number of carbonyl (C=O) groups is 1. The number of esters is 1. The van der Waals surface area contributed by atoms with Crippen LogP contribution in [0.4, 0.5) is 5.69 Å². The van der Waals surface area contributed by atoms with E-state index >= 15 is 0 Å². The van der Waals surface area contributed by atoms with Gasteiger partial charge in [0.25, 0.3) is 0 Å². The molecule has 0 spiro atoms. The molecule has 0 bridgehead atoms. The molecule has 3 N–H and O–H groups in total. The number of phenols is 1. The van der Waals surface area contributed by atoms with Crippen molar-refractivity contribution in [3.8, 4) is 16.9 Å². The molecule has 1 aliphatic rings. The fourth-order valence-electron chi connectivity index (χ4n) is 3.94. The van der Waals surface area contributed by atoms with E-state index in [1.54, 1.807) is 36.7 Å². The minimum absolute atomic E-state index is 0.114. The van der Waals surface area contributed by atoms with Crippen LogP contribution in [0.15, 0.2) is 60.9 Å². The lowest BCUT2D eigenvalue weighted by molar-refractivity contribution is -0.144. The van der Waals surface area contributed by atoms with Crippen LogP contribution in [0.1, 0.15) is 11.1 Å². The van der Waals surface area contributed by atoms with Gasteiger partial charge in [0.15, 0.2) is 11.2 Å². The van der Waals surface area contributed by atoms with Gasteiger partial charge in [-0.1, -0.05) is 30.3 Å². The topological polar surface area (TPSA) is 100 Å². The molecule has 0 saturated heterocycles. The van der Waals surface area contributed by atoms with Gasteiger partial charge in [-0.15, -0.1) is 5.10 Å². The van der Waals surface area contributed by atoms with E-state index in [1.165, 1.54) is 7.11 Å². The number of para-hydroxylation sites is 1. The largest absolute Gasteiger partial charge is 0.508 e. The lowest BCUT2D eigenvalue weighted by Crippen LogP contribution is -2.45. The number of anilines is 1. The van der Waals surface area contributed by atoms with Crippen molar-refractivity contribution in [1.82, 2.24) is 15.2 Å². The minimum atomic E-state index is -1.33. The van der Waals surface area contributed by atoms with Crippen molar-refractivity contribution < 1.29 is 14.6 Å². The second-order valence-electron chi connectivity index (χ2n) is 6.64. The molecule has 138 valence electrons. The summed E-state index contributed by atoms with van der Waals surface area (Å²) in [5, 5.41) is 22.3. The zero-order chi connectivity index (χ0) is 19.3. The van der Waals surface area contributed by atoms with Gasteiger partial charge in [0, 0.05) is 34.0 Å². The molecule has 0 saturated carbocycles. The SMILES string of the molecule is COC(=O)C1(c2ccc(O)cc2)Nc2ccccc2-c2cnnc3[nH]cc1c23. The molecule has 1 unspecified atom stereocenters. The summed E-state index contributed by atoms with van der Waals surface area (Å²) in [4.78, 5) is 16.4. The zero-order valence-corrected chi connectivity index (χ0v) is 14.9. The van der Waals surface area contributed by atoms with Crippen molar-refractivity contribution in [3.63, 3.8) is 0 Å². The molecule has 5 rings (SSSR count). The molecule has 3 heterocycles. The van der Waals surface area contributed by atoms with Gasteiger partial charge in [-0.2, -0.15) is 5.10 Å². The maximum absolute atomic E-state index is 13.3. The Kier molecular flexibility index (Phi) is 3.39. The minimum Gasteiger partial charge on any atom is -0.508 e. The normalized spacial score (nSPS) is 17.5. The van der Waals surface area contributed by atoms with Crippen LogP contribution in [0, 0.1) is 0 Å². The van der Waals surface area contributed by atoms with Crippen LogP contribution in [0.5, 0.6) is 5.75 Å². The van der Waals surface area contributed by atoms with E-state index in [9.17, 15) is 9.90 Å². The summed E-state index contributed by atoms with van der Waals surface area (Å²) in [7, 11) is 1.36. The van der Waals surface area contributed by atoms with Crippen molar-refractivity contribution in [2.45, 2.75) is 5.54 Å². The number of carbonyl (C=O) groups excluding carboxylic acids is 1. The van der Waals surface area contributed by atoms with Crippen LogP contribution < -0.4 is 5.32 Å². The van der Waals surface area contributed by atoms with Gasteiger partial charge in [-0.25, -0.2) is 4.79 Å². The number of aromatic nitrogens is 3. The Balaban J connectivity index is 1.95. The van der Waals surface area contributed by atoms with E-state index in [0.29, 0.717) is 16.8 Å². The van der Waals surface area contributed by atoms with Crippen LogP contribution in [0.25, 0.3) is 22.2 Å². The highest BCUT2D eigenvalue weighted by molar-refractivity contribution is 6.06.